The van der Waals surface area contributed by atoms with Crippen LogP contribution in [0.5, 0.6) is 0 Å². The second kappa shape index (κ2) is 8.11. The van der Waals surface area contributed by atoms with Gasteiger partial charge in [-0.1, -0.05) is 44.2 Å². The van der Waals surface area contributed by atoms with E-state index in [1.807, 2.05) is 0 Å². The molecule has 2 aromatic rings. The maximum absolute atomic E-state index is 5.48. The normalized spacial score (nSPS) is 11.8. The summed E-state index contributed by atoms with van der Waals surface area (Å²) in [6.45, 7) is 8.62. The Kier molecular flexibility index (Phi) is 6.17. The SMILES string of the molecule is CCc1ccc(NC(=S)N[C@@H](CC)c2ccc(C)c(C)c2)cc1. The van der Waals surface area contributed by atoms with Crippen molar-refractivity contribution in [3.63, 3.8) is 0 Å². The quantitative estimate of drug-likeness (QED) is 0.729. The Bertz CT molecular complexity index is 662. The summed E-state index contributed by atoms with van der Waals surface area (Å²) in [5.74, 6) is 0. The molecule has 0 unspecified atom stereocenters. The van der Waals surface area contributed by atoms with Gasteiger partial charge in [-0.3, -0.25) is 0 Å². The van der Waals surface area contributed by atoms with Gasteiger partial charge in [0.1, 0.15) is 0 Å². The summed E-state index contributed by atoms with van der Waals surface area (Å²) < 4.78 is 0. The Morgan fingerprint density at radius 2 is 1.70 bits per heavy atom. The minimum absolute atomic E-state index is 0.226. The average molecular weight is 327 g/mol. The van der Waals surface area contributed by atoms with E-state index in [-0.39, 0.29) is 6.04 Å². The zero-order valence-corrected chi connectivity index (χ0v) is 15.3. The zero-order chi connectivity index (χ0) is 16.8. The fraction of sp³-hybridized carbons (Fsp3) is 0.350. The van der Waals surface area contributed by atoms with Crippen molar-refractivity contribution in [2.75, 3.05) is 5.32 Å². The summed E-state index contributed by atoms with van der Waals surface area (Å²) in [4.78, 5) is 0. The molecule has 0 radical (unpaired) electrons. The average Bonchev–Trinajstić information content (AvgIpc) is 2.56. The molecular formula is C20H26N2S. The first kappa shape index (κ1) is 17.5. The molecule has 2 nitrogen and oxygen atoms in total. The molecule has 2 rings (SSSR count). The first-order valence-electron chi connectivity index (χ1n) is 8.27. The minimum Gasteiger partial charge on any atom is -0.356 e. The second-order valence-electron chi connectivity index (χ2n) is 5.95. The van der Waals surface area contributed by atoms with Crippen molar-refractivity contribution in [3.8, 4) is 0 Å². The molecule has 0 amide bonds. The molecule has 0 bridgehead atoms. The molecular weight excluding hydrogens is 300 g/mol. The van der Waals surface area contributed by atoms with Crippen molar-refractivity contribution >= 4 is 23.0 Å². The molecule has 0 saturated carbocycles. The van der Waals surface area contributed by atoms with Crippen LogP contribution in [0.3, 0.4) is 0 Å². The van der Waals surface area contributed by atoms with Crippen molar-refractivity contribution in [3.05, 3.63) is 64.7 Å². The molecule has 0 spiro atoms. The molecule has 122 valence electrons. The fourth-order valence-corrected chi connectivity index (χ4v) is 2.81. The second-order valence-corrected chi connectivity index (χ2v) is 6.36. The van der Waals surface area contributed by atoms with Gasteiger partial charge in [0.15, 0.2) is 5.11 Å². The molecule has 0 aliphatic rings. The maximum Gasteiger partial charge on any atom is 0.171 e. The molecule has 0 aliphatic heterocycles. The highest BCUT2D eigenvalue weighted by molar-refractivity contribution is 7.80. The molecule has 23 heavy (non-hydrogen) atoms. The van der Waals surface area contributed by atoms with E-state index < -0.39 is 0 Å². The molecule has 0 fully saturated rings. The number of hydrogen-bond donors (Lipinski definition) is 2. The summed E-state index contributed by atoms with van der Waals surface area (Å²) in [6.07, 6.45) is 2.03. The van der Waals surface area contributed by atoms with E-state index in [4.69, 9.17) is 12.2 Å². The predicted molar refractivity (Wildman–Crippen MR) is 104 cm³/mol. The smallest absolute Gasteiger partial charge is 0.171 e. The van der Waals surface area contributed by atoms with E-state index in [1.54, 1.807) is 0 Å². The van der Waals surface area contributed by atoms with Gasteiger partial charge in [-0.2, -0.15) is 0 Å². The molecule has 2 aromatic carbocycles. The maximum atomic E-state index is 5.48. The largest absolute Gasteiger partial charge is 0.356 e. The first-order valence-corrected chi connectivity index (χ1v) is 8.68. The number of anilines is 1. The predicted octanol–water partition coefficient (Wildman–Crippen LogP) is 5.30. The monoisotopic (exact) mass is 326 g/mol. The molecule has 2 N–H and O–H groups in total. The summed E-state index contributed by atoms with van der Waals surface area (Å²) >= 11 is 5.48. The van der Waals surface area contributed by atoms with E-state index in [9.17, 15) is 0 Å². The van der Waals surface area contributed by atoms with Gasteiger partial charge >= 0.3 is 0 Å². The number of thiocarbonyl (C=S) groups is 1. The Balaban J connectivity index is 2.02. The van der Waals surface area contributed by atoms with Gasteiger partial charge in [0, 0.05) is 5.69 Å². The Morgan fingerprint density at radius 1 is 1.00 bits per heavy atom. The number of hydrogen-bond acceptors (Lipinski definition) is 1. The highest BCUT2D eigenvalue weighted by Crippen LogP contribution is 2.20. The van der Waals surface area contributed by atoms with Gasteiger partial charge in [0.2, 0.25) is 0 Å². The topological polar surface area (TPSA) is 24.1 Å². The van der Waals surface area contributed by atoms with E-state index in [0.29, 0.717) is 5.11 Å². The lowest BCUT2D eigenvalue weighted by atomic mass is 9.99. The highest BCUT2D eigenvalue weighted by Gasteiger charge is 2.11. The highest BCUT2D eigenvalue weighted by atomic mass is 32.1. The van der Waals surface area contributed by atoms with Crippen LogP contribution in [-0.2, 0) is 6.42 Å². The van der Waals surface area contributed by atoms with Crippen molar-refractivity contribution in [2.45, 2.75) is 46.6 Å². The fourth-order valence-electron chi connectivity index (χ4n) is 2.55. The van der Waals surface area contributed by atoms with Crippen LogP contribution in [0.4, 0.5) is 5.69 Å². The lowest BCUT2D eigenvalue weighted by molar-refractivity contribution is 0.628. The van der Waals surface area contributed by atoms with Crippen molar-refractivity contribution < 1.29 is 0 Å². The van der Waals surface area contributed by atoms with Gasteiger partial charge in [-0.15, -0.1) is 0 Å². The van der Waals surface area contributed by atoms with Gasteiger partial charge < -0.3 is 10.6 Å². The van der Waals surface area contributed by atoms with Gasteiger partial charge in [0.05, 0.1) is 6.04 Å². The molecule has 0 saturated heterocycles. The van der Waals surface area contributed by atoms with Crippen LogP contribution < -0.4 is 10.6 Å². The summed E-state index contributed by atoms with van der Waals surface area (Å²) in [5.41, 5.74) is 6.27. The summed E-state index contributed by atoms with van der Waals surface area (Å²) in [7, 11) is 0. The first-order chi connectivity index (χ1) is 11.0. The summed E-state index contributed by atoms with van der Waals surface area (Å²) in [5, 5.41) is 7.37. The lowest BCUT2D eigenvalue weighted by Crippen LogP contribution is -2.32. The Hall–Kier alpha value is -1.87. The third-order valence-electron chi connectivity index (χ3n) is 4.27. The van der Waals surface area contributed by atoms with Crippen LogP contribution >= 0.6 is 12.2 Å². The van der Waals surface area contributed by atoms with Crippen molar-refractivity contribution in [1.29, 1.82) is 0 Å². The third kappa shape index (κ3) is 4.80. The van der Waals surface area contributed by atoms with E-state index in [2.05, 4.69) is 80.8 Å². The van der Waals surface area contributed by atoms with Gasteiger partial charge in [0.25, 0.3) is 0 Å². The van der Waals surface area contributed by atoms with E-state index >= 15 is 0 Å². The van der Waals surface area contributed by atoms with Crippen LogP contribution in [0, 0.1) is 13.8 Å². The van der Waals surface area contributed by atoms with Crippen LogP contribution in [0.1, 0.15) is 48.6 Å². The molecule has 0 heterocycles. The van der Waals surface area contributed by atoms with Crippen molar-refractivity contribution in [1.82, 2.24) is 5.32 Å². The van der Waals surface area contributed by atoms with Gasteiger partial charge in [-0.05, 0) is 73.3 Å². The van der Waals surface area contributed by atoms with Crippen LogP contribution in [-0.4, -0.2) is 5.11 Å². The van der Waals surface area contributed by atoms with E-state index in [0.717, 1.165) is 18.5 Å². The standard InChI is InChI=1S/C20H26N2S/c1-5-16-8-11-18(12-9-16)21-20(23)22-19(6-2)17-10-7-14(3)15(4)13-17/h7-13,19H,5-6H2,1-4H3,(H2,21,22,23)/t19-/m0/s1. The third-order valence-corrected chi connectivity index (χ3v) is 4.49. The van der Waals surface area contributed by atoms with Crippen LogP contribution in [0.25, 0.3) is 0 Å². The Labute approximate surface area is 145 Å². The molecule has 3 heteroatoms. The van der Waals surface area contributed by atoms with Crippen LogP contribution in [0.15, 0.2) is 42.5 Å². The van der Waals surface area contributed by atoms with Crippen LogP contribution in [0.2, 0.25) is 0 Å². The Morgan fingerprint density at radius 3 is 2.26 bits per heavy atom. The minimum atomic E-state index is 0.226. The number of rotatable bonds is 5. The molecule has 0 aromatic heterocycles. The number of aryl methyl sites for hydroxylation is 3. The number of benzene rings is 2. The van der Waals surface area contributed by atoms with Gasteiger partial charge in [-0.25, -0.2) is 0 Å². The lowest BCUT2D eigenvalue weighted by Gasteiger charge is -2.21. The summed E-state index contributed by atoms with van der Waals surface area (Å²) in [6, 6.07) is 15.2. The molecule has 0 aliphatic carbocycles. The molecule has 1 atom stereocenters. The van der Waals surface area contributed by atoms with Crippen molar-refractivity contribution in [2.24, 2.45) is 0 Å². The zero-order valence-electron chi connectivity index (χ0n) is 14.4. The van der Waals surface area contributed by atoms with E-state index in [1.165, 1.54) is 22.3 Å². The number of nitrogens with one attached hydrogen (secondary N) is 2.